The number of sulfone groups is 1. The summed E-state index contributed by atoms with van der Waals surface area (Å²) < 4.78 is 25.8. The number of aromatic nitrogens is 2. The quantitative estimate of drug-likeness (QED) is 0.263. The first kappa shape index (κ1) is 38.5. The summed E-state index contributed by atoms with van der Waals surface area (Å²) in [5.74, 6) is -0.640. The van der Waals surface area contributed by atoms with Gasteiger partial charge in [-0.05, 0) is 84.3 Å². The van der Waals surface area contributed by atoms with Crippen LogP contribution in [0.2, 0.25) is 0 Å². The number of benzene rings is 1. The van der Waals surface area contributed by atoms with E-state index < -0.39 is 56.2 Å². The van der Waals surface area contributed by atoms with Crippen molar-refractivity contribution in [1.29, 1.82) is 0 Å². The summed E-state index contributed by atoms with van der Waals surface area (Å²) >= 11 is 0. The minimum Gasteiger partial charge on any atom is -0.390 e. The molecule has 2 heterocycles. The second-order valence-corrected chi connectivity index (χ2v) is 18.3. The largest absolute Gasteiger partial charge is 0.390 e. The van der Waals surface area contributed by atoms with Gasteiger partial charge in [0.2, 0.25) is 11.8 Å². The van der Waals surface area contributed by atoms with E-state index in [9.17, 15) is 27.9 Å². The molecule has 272 valence electrons. The van der Waals surface area contributed by atoms with Crippen LogP contribution in [0.15, 0.2) is 36.4 Å². The van der Waals surface area contributed by atoms with Crippen LogP contribution in [-0.2, 0) is 32.9 Å². The summed E-state index contributed by atoms with van der Waals surface area (Å²) in [6, 6.07) is 8.14. The van der Waals surface area contributed by atoms with E-state index in [0.29, 0.717) is 30.5 Å². The number of piperidine rings is 1. The molecule has 1 aliphatic carbocycles. The van der Waals surface area contributed by atoms with Crippen LogP contribution in [0.4, 0.5) is 0 Å². The second-order valence-electron chi connectivity index (χ2n) is 15.7. The number of aryl methyl sites for hydroxylation is 2. The SMILES string of the molecule is Cc1cc(C(=O)N[C@H](C(=O)NC(Cc2ccccc2)C(O)CN2C[C@H]3CCCC[C@H]3CC2C(=O)NC(C)(C)C)C(C)(C)S(C)(=O)=O)nn1C. The number of β-amino-alcohol motifs (C(OH)–C–C–N with tert-alkyl or cyclic N) is 1. The number of nitrogens with one attached hydrogen (secondary N) is 3. The van der Waals surface area contributed by atoms with Crippen molar-refractivity contribution in [3.63, 3.8) is 0 Å². The van der Waals surface area contributed by atoms with Crippen molar-refractivity contribution in [2.45, 2.75) is 115 Å². The highest BCUT2D eigenvalue weighted by Crippen LogP contribution is 2.39. The molecular formula is C36H56N6O6S. The van der Waals surface area contributed by atoms with E-state index in [4.69, 9.17) is 0 Å². The van der Waals surface area contributed by atoms with Gasteiger partial charge in [0, 0.05) is 37.6 Å². The molecule has 2 aliphatic rings. The number of hydrogen-bond acceptors (Lipinski definition) is 8. The zero-order valence-corrected chi connectivity index (χ0v) is 31.1. The molecule has 1 saturated heterocycles. The minimum absolute atomic E-state index is 0.0497. The predicted molar refractivity (Wildman–Crippen MR) is 190 cm³/mol. The number of carbonyl (C=O) groups is 3. The predicted octanol–water partition coefficient (Wildman–Crippen LogP) is 2.53. The van der Waals surface area contributed by atoms with Gasteiger partial charge in [-0.25, -0.2) is 8.42 Å². The zero-order valence-electron chi connectivity index (χ0n) is 30.3. The molecule has 6 atom stereocenters. The maximum absolute atomic E-state index is 14.2. The first-order valence-electron chi connectivity index (χ1n) is 17.4. The first-order chi connectivity index (χ1) is 22.8. The van der Waals surface area contributed by atoms with Crippen LogP contribution < -0.4 is 16.0 Å². The number of aliphatic hydroxyl groups excluding tert-OH is 1. The van der Waals surface area contributed by atoms with Gasteiger partial charge < -0.3 is 21.1 Å². The highest BCUT2D eigenvalue weighted by Gasteiger charge is 2.46. The number of fused-ring (bicyclic) bond motifs is 1. The molecule has 1 aliphatic heterocycles. The lowest BCUT2D eigenvalue weighted by molar-refractivity contribution is -0.133. The van der Waals surface area contributed by atoms with Gasteiger partial charge in [-0.2, -0.15) is 5.10 Å². The molecule has 0 radical (unpaired) electrons. The number of carbonyl (C=O) groups excluding carboxylic acids is 3. The third-order valence-corrected chi connectivity index (χ3v) is 12.5. The van der Waals surface area contributed by atoms with Gasteiger partial charge in [-0.1, -0.05) is 49.6 Å². The Labute approximate surface area is 291 Å². The summed E-state index contributed by atoms with van der Waals surface area (Å²) in [4.78, 5) is 43.2. The maximum atomic E-state index is 14.2. The molecule has 3 unspecified atom stereocenters. The number of amides is 3. The fourth-order valence-corrected chi connectivity index (χ4v) is 7.65. The Bertz CT molecular complexity index is 1560. The van der Waals surface area contributed by atoms with Crippen molar-refractivity contribution in [2.75, 3.05) is 19.3 Å². The van der Waals surface area contributed by atoms with E-state index >= 15 is 0 Å². The average Bonchev–Trinajstić information content (AvgIpc) is 3.35. The standard InChI is InChI=1S/C36H56N6O6S/c1-23-18-28(40-41(23)7)32(44)38-31(36(5,6)49(8,47)48)34(46)37-27(19-24-14-10-9-11-15-24)30(43)22-42-21-26-17-13-12-16-25(26)20-29(42)33(45)39-35(2,3)4/h9-11,14-15,18,25-27,29-31,43H,12-13,16-17,19-22H2,1-8H3,(H,37,46)(H,38,44)(H,39,45)/t25-,26+,27?,29?,30?,31+/m0/s1. The Morgan fingerprint density at radius 1 is 1.02 bits per heavy atom. The smallest absolute Gasteiger partial charge is 0.272 e. The van der Waals surface area contributed by atoms with Gasteiger partial charge in [-0.3, -0.25) is 24.0 Å². The summed E-state index contributed by atoms with van der Waals surface area (Å²) in [7, 11) is -2.19. The molecule has 0 bridgehead atoms. The van der Waals surface area contributed by atoms with E-state index in [0.717, 1.165) is 37.5 Å². The van der Waals surface area contributed by atoms with Gasteiger partial charge in [0.25, 0.3) is 5.91 Å². The average molecular weight is 701 g/mol. The lowest BCUT2D eigenvalue weighted by atomic mass is 9.72. The molecule has 1 aromatic heterocycles. The van der Waals surface area contributed by atoms with Gasteiger partial charge in [-0.15, -0.1) is 0 Å². The molecule has 4 rings (SSSR count). The highest BCUT2D eigenvalue weighted by molar-refractivity contribution is 7.92. The Morgan fingerprint density at radius 3 is 2.22 bits per heavy atom. The van der Waals surface area contributed by atoms with E-state index in [1.54, 1.807) is 20.0 Å². The lowest BCUT2D eigenvalue weighted by Gasteiger charge is -2.47. The Hall–Kier alpha value is -3.29. The van der Waals surface area contributed by atoms with Gasteiger partial charge in [0.05, 0.1) is 22.9 Å². The van der Waals surface area contributed by atoms with Crippen LogP contribution in [-0.4, -0.2) is 99.8 Å². The molecular weight excluding hydrogens is 644 g/mol. The van der Waals surface area contributed by atoms with Crippen LogP contribution >= 0.6 is 0 Å². The molecule has 1 aromatic carbocycles. The van der Waals surface area contributed by atoms with E-state index in [1.165, 1.54) is 18.5 Å². The van der Waals surface area contributed by atoms with Crippen molar-refractivity contribution in [1.82, 2.24) is 30.6 Å². The van der Waals surface area contributed by atoms with Gasteiger partial charge >= 0.3 is 0 Å². The summed E-state index contributed by atoms with van der Waals surface area (Å²) in [5.41, 5.74) is 1.20. The van der Waals surface area contributed by atoms with Crippen LogP contribution in [0.1, 0.15) is 88.5 Å². The van der Waals surface area contributed by atoms with Crippen molar-refractivity contribution >= 4 is 27.6 Å². The lowest BCUT2D eigenvalue weighted by Crippen LogP contribution is -2.64. The summed E-state index contributed by atoms with van der Waals surface area (Å²) in [6.07, 6.45) is 5.32. The fraction of sp³-hybridized carbons (Fsp3) is 0.667. The molecule has 3 amide bonds. The van der Waals surface area contributed by atoms with Crippen molar-refractivity contribution in [2.24, 2.45) is 18.9 Å². The molecule has 2 aromatic rings. The van der Waals surface area contributed by atoms with Crippen LogP contribution in [0.3, 0.4) is 0 Å². The molecule has 4 N–H and O–H groups in total. The third-order valence-electron chi connectivity index (χ3n) is 10.4. The van der Waals surface area contributed by atoms with Crippen molar-refractivity contribution < 1.29 is 27.9 Å². The van der Waals surface area contributed by atoms with E-state index in [1.807, 2.05) is 51.1 Å². The molecule has 2 fully saturated rings. The van der Waals surface area contributed by atoms with E-state index in [-0.39, 0.29) is 24.6 Å². The fourth-order valence-electron chi connectivity index (χ4n) is 7.06. The maximum Gasteiger partial charge on any atom is 0.272 e. The Balaban J connectivity index is 1.63. The Morgan fingerprint density at radius 2 is 1.65 bits per heavy atom. The zero-order chi connectivity index (χ0) is 36.3. The van der Waals surface area contributed by atoms with Crippen LogP contribution in [0.5, 0.6) is 0 Å². The second kappa shape index (κ2) is 15.3. The molecule has 13 heteroatoms. The molecule has 0 spiro atoms. The van der Waals surface area contributed by atoms with Gasteiger partial charge in [0.15, 0.2) is 9.84 Å². The number of nitrogens with zero attached hydrogens (tertiary/aromatic N) is 3. The number of aliphatic hydroxyl groups is 1. The highest BCUT2D eigenvalue weighted by atomic mass is 32.2. The van der Waals surface area contributed by atoms with Crippen molar-refractivity contribution in [3.05, 3.63) is 53.3 Å². The van der Waals surface area contributed by atoms with Crippen molar-refractivity contribution in [3.8, 4) is 0 Å². The molecule has 12 nitrogen and oxygen atoms in total. The normalized spacial score (nSPS) is 22.3. The van der Waals surface area contributed by atoms with E-state index in [2.05, 4.69) is 25.9 Å². The minimum atomic E-state index is -3.87. The van der Waals surface area contributed by atoms with Crippen LogP contribution in [0, 0.1) is 18.8 Å². The first-order valence-corrected chi connectivity index (χ1v) is 19.3. The van der Waals surface area contributed by atoms with Crippen LogP contribution in [0.25, 0.3) is 0 Å². The number of hydrogen-bond donors (Lipinski definition) is 4. The topological polar surface area (TPSA) is 163 Å². The third kappa shape index (κ3) is 9.70. The van der Waals surface area contributed by atoms with Gasteiger partial charge in [0.1, 0.15) is 11.7 Å². The summed E-state index contributed by atoms with van der Waals surface area (Å²) in [6.45, 7) is 11.2. The Kier molecular flexibility index (Phi) is 12.0. The number of likely N-dealkylation sites (tertiary alicyclic amines) is 1. The monoisotopic (exact) mass is 700 g/mol. The number of rotatable bonds is 12. The molecule has 1 saturated carbocycles. The summed E-state index contributed by atoms with van der Waals surface area (Å²) in [5, 5.41) is 24.8. The molecule has 49 heavy (non-hydrogen) atoms.